The molecule has 1 aliphatic rings. The van der Waals surface area contributed by atoms with Crippen LogP contribution in [0.2, 0.25) is 0 Å². The van der Waals surface area contributed by atoms with Gasteiger partial charge in [-0.05, 0) is 48.6 Å². The van der Waals surface area contributed by atoms with E-state index in [1.54, 1.807) is 0 Å². The van der Waals surface area contributed by atoms with Crippen molar-refractivity contribution in [2.45, 2.75) is 23.7 Å². The maximum atomic E-state index is 2.51. The minimum atomic E-state index is 0.259. The van der Waals surface area contributed by atoms with E-state index in [4.69, 9.17) is 0 Å². The van der Waals surface area contributed by atoms with E-state index in [0.29, 0.717) is 0 Å². The number of rotatable bonds is 2. The average molecular weight is 386 g/mol. The minimum absolute atomic E-state index is 0.259. The third-order valence-corrected chi connectivity index (χ3v) is 4.68. The molecule has 2 aromatic rings. The first kappa shape index (κ1) is 14.6. The third-order valence-electron chi connectivity index (χ3n) is 3.88. The van der Waals surface area contributed by atoms with E-state index in [1.807, 2.05) is 0 Å². The largest absolute Gasteiger partial charge is 0.0750 e. The number of benzene rings is 2. The smallest absolute Gasteiger partial charge is 0.0410 e. The monoisotopic (exact) mass is 386 g/mol. The van der Waals surface area contributed by atoms with E-state index in [9.17, 15) is 0 Å². The lowest BCUT2D eigenvalue weighted by Gasteiger charge is -2.21. The first-order valence-electron chi connectivity index (χ1n) is 7.29. The van der Waals surface area contributed by atoms with Crippen LogP contribution in [0.3, 0.4) is 0 Å². The average Bonchev–Trinajstić information content (AvgIpc) is 2.47. The molecular weight excluding hydrogens is 367 g/mol. The normalized spacial score (nSPS) is 21.2. The van der Waals surface area contributed by atoms with Crippen molar-refractivity contribution in [3.63, 3.8) is 0 Å². The number of hydrogen-bond donors (Lipinski definition) is 0. The second kappa shape index (κ2) is 5.80. The Kier molecular flexibility index (Phi) is 4.03. The van der Waals surface area contributed by atoms with E-state index < -0.39 is 0 Å². The van der Waals surface area contributed by atoms with E-state index in [2.05, 4.69) is 103 Å². The first-order chi connectivity index (χ1) is 10.0. The van der Waals surface area contributed by atoms with Crippen LogP contribution in [0.1, 0.15) is 24.5 Å². The van der Waals surface area contributed by atoms with Crippen molar-refractivity contribution in [3.8, 4) is 11.1 Å². The van der Waals surface area contributed by atoms with Gasteiger partial charge in [-0.1, -0.05) is 88.8 Å². The second-order valence-electron chi connectivity index (χ2n) is 5.93. The van der Waals surface area contributed by atoms with Gasteiger partial charge in [-0.3, -0.25) is 0 Å². The Morgan fingerprint density at radius 1 is 0.952 bits per heavy atom. The molecule has 1 heteroatoms. The zero-order valence-corrected chi connectivity index (χ0v) is 14.6. The summed E-state index contributed by atoms with van der Waals surface area (Å²) in [5.74, 6) is 0. The summed E-state index contributed by atoms with van der Waals surface area (Å²) in [6.07, 6.45) is 8.00. The highest BCUT2D eigenvalue weighted by molar-refractivity contribution is 14.1. The molecule has 1 aliphatic carbocycles. The van der Waals surface area contributed by atoms with E-state index in [0.717, 1.165) is 6.42 Å². The first-order valence-corrected chi connectivity index (χ1v) is 8.37. The van der Waals surface area contributed by atoms with Gasteiger partial charge in [0, 0.05) is 3.42 Å². The van der Waals surface area contributed by atoms with E-state index in [1.165, 1.54) is 27.8 Å². The predicted octanol–water partition coefficient (Wildman–Crippen LogP) is 6.20. The number of allylic oxidation sites excluding steroid dienone is 4. The molecule has 0 fully saturated rings. The lowest BCUT2D eigenvalue weighted by molar-refractivity contribution is 0.839. The van der Waals surface area contributed by atoms with Crippen LogP contribution < -0.4 is 0 Å². The molecule has 0 unspecified atom stereocenters. The molecular formula is C20H19I. The van der Waals surface area contributed by atoms with Crippen LogP contribution in [0.15, 0.2) is 66.8 Å². The summed E-state index contributed by atoms with van der Waals surface area (Å²) < 4.78 is 0.259. The fourth-order valence-corrected chi connectivity index (χ4v) is 3.03. The summed E-state index contributed by atoms with van der Waals surface area (Å²) in [6.45, 7) is 4.40. The summed E-state index contributed by atoms with van der Waals surface area (Å²) >= 11 is 2.51. The van der Waals surface area contributed by atoms with Gasteiger partial charge in [-0.15, -0.1) is 0 Å². The summed E-state index contributed by atoms with van der Waals surface area (Å²) in [5, 5.41) is 0. The molecule has 1 atom stereocenters. The van der Waals surface area contributed by atoms with Crippen molar-refractivity contribution in [1.29, 1.82) is 0 Å². The van der Waals surface area contributed by atoms with Crippen LogP contribution in [0, 0.1) is 6.92 Å². The van der Waals surface area contributed by atoms with Crippen LogP contribution in [-0.2, 0) is 0 Å². The molecule has 106 valence electrons. The van der Waals surface area contributed by atoms with Gasteiger partial charge < -0.3 is 0 Å². The van der Waals surface area contributed by atoms with Crippen molar-refractivity contribution >= 4 is 28.2 Å². The van der Waals surface area contributed by atoms with Gasteiger partial charge in [0.15, 0.2) is 0 Å². The van der Waals surface area contributed by atoms with Gasteiger partial charge in [0.2, 0.25) is 0 Å². The minimum Gasteiger partial charge on any atom is -0.0750 e. The molecule has 3 rings (SSSR count). The Bertz CT molecular complexity index is 720. The number of alkyl halides is 1. The summed E-state index contributed by atoms with van der Waals surface area (Å²) in [7, 11) is 0. The quantitative estimate of drug-likeness (QED) is 0.426. The summed E-state index contributed by atoms with van der Waals surface area (Å²) in [6, 6.07) is 17.5. The maximum absolute atomic E-state index is 2.51. The third kappa shape index (κ3) is 3.46. The van der Waals surface area contributed by atoms with Crippen molar-refractivity contribution < 1.29 is 0 Å². The molecule has 0 aromatic heterocycles. The Morgan fingerprint density at radius 3 is 2.29 bits per heavy atom. The Hall–Kier alpha value is -1.35. The SMILES string of the molecule is Cc1cccc(-c2cccc(C3=CC[C@](C)(I)C=C3)c2)c1. The van der Waals surface area contributed by atoms with Crippen LogP contribution in [0.4, 0.5) is 0 Å². The zero-order valence-electron chi connectivity index (χ0n) is 12.4. The number of halogens is 1. The highest BCUT2D eigenvalue weighted by Crippen LogP contribution is 2.34. The molecule has 0 bridgehead atoms. The molecule has 0 radical (unpaired) electrons. The highest BCUT2D eigenvalue weighted by atomic mass is 127. The van der Waals surface area contributed by atoms with Gasteiger partial charge in [0.25, 0.3) is 0 Å². The fourth-order valence-electron chi connectivity index (χ4n) is 2.63. The molecule has 0 saturated carbocycles. The molecule has 21 heavy (non-hydrogen) atoms. The molecule has 0 aliphatic heterocycles. The van der Waals surface area contributed by atoms with Crippen LogP contribution >= 0.6 is 22.6 Å². The molecule has 2 aromatic carbocycles. The molecule has 0 nitrogen and oxygen atoms in total. The highest BCUT2D eigenvalue weighted by Gasteiger charge is 2.18. The van der Waals surface area contributed by atoms with Crippen LogP contribution in [-0.4, -0.2) is 3.42 Å². The van der Waals surface area contributed by atoms with Gasteiger partial charge >= 0.3 is 0 Å². The predicted molar refractivity (Wildman–Crippen MR) is 101 cm³/mol. The maximum Gasteiger partial charge on any atom is 0.0410 e. The fraction of sp³-hybridized carbons (Fsp3) is 0.200. The lowest BCUT2D eigenvalue weighted by Crippen LogP contribution is -2.12. The van der Waals surface area contributed by atoms with Gasteiger partial charge in [-0.25, -0.2) is 0 Å². The van der Waals surface area contributed by atoms with Crippen molar-refractivity contribution in [3.05, 3.63) is 77.9 Å². The standard InChI is InChI=1S/C20H19I/c1-15-5-3-6-17(13-15)19-8-4-7-18(14-19)16-9-11-20(2,21)12-10-16/h3-11,13-14H,12H2,1-2H3/t20-/m1/s1. The van der Waals surface area contributed by atoms with Crippen molar-refractivity contribution in [1.82, 2.24) is 0 Å². The topological polar surface area (TPSA) is 0 Å². The van der Waals surface area contributed by atoms with Gasteiger partial charge in [0.05, 0.1) is 0 Å². The Labute approximate surface area is 140 Å². The Balaban J connectivity index is 1.95. The molecule has 0 saturated heterocycles. The number of hydrogen-bond acceptors (Lipinski definition) is 0. The lowest BCUT2D eigenvalue weighted by atomic mass is 9.92. The van der Waals surface area contributed by atoms with E-state index >= 15 is 0 Å². The number of aryl methyl sites for hydroxylation is 1. The molecule has 0 N–H and O–H groups in total. The summed E-state index contributed by atoms with van der Waals surface area (Å²) in [4.78, 5) is 0. The molecule has 0 spiro atoms. The van der Waals surface area contributed by atoms with Gasteiger partial charge in [0.1, 0.15) is 0 Å². The zero-order chi connectivity index (χ0) is 14.9. The molecule has 0 heterocycles. The second-order valence-corrected chi connectivity index (χ2v) is 8.39. The van der Waals surface area contributed by atoms with Crippen LogP contribution in [0.5, 0.6) is 0 Å². The van der Waals surface area contributed by atoms with Gasteiger partial charge in [-0.2, -0.15) is 0 Å². The van der Waals surface area contributed by atoms with Crippen LogP contribution in [0.25, 0.3) is 16.7 Å². The Morgan fingerprint density at radius 2 is 1.62 bits per heavy atom. The molecule has 0 amide bonds. The van der Waals surface area contributed by atoms with E-state index in [-0.39, 0.29) is 3.42 Å². The van der Waals surface area contributed by atoms with Crippen molar-refractivity contribution in [2.75, 3.05) is 0 Å². The summed E-state index contributed by atoms with van der Waals surface area (Å²) in [5.41, 5.74) is 6.51. The van der Waals surface area contributed by atoms with Crippen molar-refractivity contribution in [2.24, 2.45) is 0 Å².